The molecule has 2 aliphatic rings. The maximum atomic E-state index is 12.5. The second kappa shape index (κ2) is 7.47. The Bertz CT molecular complexity index is 767. The van der Waals surface area contributed by atoms with E-state index in [2.05, 4.69) is 6.07 Å². The molecule has 0 fully saturated rings. The molecule has 4 nitrogen and oxygen atoms in total. The molecule has 0 saturated carbocycles. The lowest BCUT2D eigenvalue weighted by molar-refractivity contribution is -0.115. The van der Waals surface area contributed by atoms with Crippen LogP contribution < -0.4 is 0 Å². The van der Waals surface area contributed by atoms with Gasteiger partial charge in [0.1, 0.15) is 12.0 Å². The van der Waals surface area contributed by atoms with Crippen molar-refractivity contribution in [2.24, 2.45) is 0 Å². The zero-order valence-electron chi connectivity index (χ0n) is 13.3. The van der Waals surface area contributed by atoms with E-state index < -0.39 is 0 Å². The molecule has 0 N–H and O–H groups in total. The van der Waals surface area contributed by atoms with Crippen LogP contribution in [0.25, 0.3) is 0 Å². The second-order valence-corrected chi connectivity index (χ2v) is 5.62. The molecule has 4 heteroatoms. The first-order valence-corrected chi connectivity index (χ1v) is 7.95. The standard InChI is InChI=1S/C20H18N2O2/c21-11-4-5-12-22-13-14-24-19(15-22)17-9-6-10-18(23)20(17)16-7-2-1-3-8-16/h1-3,6-10,13-15,20H,4-5,12H2. The average Bonchev–Trinajstić information content (AvgIpc) is 2.63. The molecule has 0 saturated heterocycles. The van der Waals surface area contributed by atoms with Crippen molar-refractivity contribution in [1.82, 2.24) is 4.90 Å². The van der Waals surface area contributed by atoms with E-state index in [9.17, 15) is 4.79 Å². The molecule has 1 heterocycles. The van der Waals surface area contributed by atoms with E-state index >= 15 is 0 Å². The predicted octanol–water partition coefficient (Wildman–Crippen LogP) is 3.78. The van der Waals surface area contributed by atoms with E-state index in [0.717, 1.165) is 24.1 Å². The van der Waals surface area contributed by atoms with Gasteiger partial charge in [-0.15, -0.1) is 0 Å². The van der Waals surface area contributed by atoms with Crippen LogP contribution in [0.3, 0.4) is 0 Å². The van der Waals surface area contributed by atoms with Crippen LogP contribution in [0.1, 0.15) is 24.3 Å². The number of hydrogen-bond donors (Lipinski definition) is 0. The minimum absolute atomic E-state index is 0.0498. The van der Waals surface area contributed by atoms with Gasteiger partial charge in [0.25, 0.3) is 0 Å². The SMILES string of the molecule is N#CCCCN1C=COC(C2=CC=CC(=O)C2c2ccccc2)=C1. The molecular weight excluding hydrogens is 300 g/mol. The fourth-order valence-electron chi connectivity index (χ4n) is 2.83. The van der Waals surface area contributed by atoms with Crippen molar-refractivity contribution in [2.45, 2.75) is 18.8 Å². The minimum Gasteiger partial charge on any atom is -0.462 e. The molecule has 0 spiro atoms. The number of rotatable bonds is 5. The quantitative estimate of drug-likeness (QED) is 0.775. The zero-order chi connectivity index (χ0) is 16.8. The topological polar surface area (TPSA) is 53.3 Å². The number of carbonyl (C=O) groups is 1. The van der Waals surface area contributed by atoms with Crippen molar-refractivity contribution in [1.29, 1.82) is 5.26 Å². The summed E-state index contributed by atoms with van der Waals surface area (Å²) in [7, 11) is 0. The monoisotopic (exact) mass is 318 g/mol. The first kappa shape index (κ1) is 15.8. The van der Waals surface area contributed by atoms with E-state index in [1.807, 2.05) is 53.7 Å². The highest BCUT2D eigenvalue weighted by Gasteiger charge is 2.29. The van der Waals surface area contributed by atoms with Crippen LogP contribution in [0.4, 0.5) is 0 Å². The van der Waals surface area contributed by atoms with Gasteiger partial charge >= 0.3 is 0 Å². The van der Waals surface area contributed by atoms with Crippen molar-refractivity contribution < 1.29 is 9.53 Å². The molecule has 120 valence electrons. The average molecular weight is 318 g/mol. The maximum absolute atomic E-state index is 12.5. The number of benzene rings is 1. The summed E-state index contributed by atoms with van der Waals surface area (Å²) in [6, 6.07) is 11.9. The Morgan fingerprint density at radius 3 is 2.88 bits per heavy atom. The van der Waals surface area contributed by atoms with Gasteiger partial charge in [0.2, 0.25) is 0 Å². The Morgan fingerprint density at radius 1 is 1.25 bits per heavy atom. The molecule has 3 rings (SSSR count). The molecule has 1 aromatic carbocycles. The van der Waals surface area contributed by atoms with E-state index in [0.29, 0.717) is 12.2 Å². The third-order valence-electron chi connectivity index (χ3n) is 3.98. The Balaban J connectivity index is 1.86. The van der Waals surface area contributed by atoms with Crippen LogP contribution >= 0.6 is 0 Å². The summed E-state index contributed by atoms with van der Waals surface area (Å²) >= 11 is 0. The lowest BCUT2D eigenvalue weighted by Crippen LogP contribution is -2.21. The van der Waals surface area contributed by atoms with Gasteiger partial charge in [-0.05, 0) is 18.1 Å². The van der Waals surface area contributed by atoms with Crippen LogP contribution in [-0.2, 0) is 9.53 Å². The summed E-state index contributed by atoms with van der Waals surface area (Å²) in [4.78, 5) is 14.5. The van der Waals surface area contributed by atoms with Gasteiger partial charge in [0.15, 0.2) is 5.78 Å². The van der Waals surface area contributed by atoms with Crippen molar-refractivity contribution in [2.75, 3.05) is 6.54 Å². The van der Waals surface area contributed by atoms with Crippen LogP contribution in [-0.4, -0.2) is 17.2 Å². The number of allylic oxidation sites excluding steroid dienone is 4. The molecule has 1 aliphatic heterocycles. The summed E-state index contributed by atoms with van der Waals surface area (Å²) in [5, 5.41) is 8.66. The molecule has 1 aromatic rings. The van der Waals surface area contributed by atoms with Crippen LogP contribution in [0.2, 0.25) is 0 Å². The van der Waals surface area contributed by atoms with E-state index in [4.69, 9.17) is 10.00 Å². The van der Waals surface area contributed by atoms with Crippen molar-refractivity contribution in [3.05, 3.63) is 84.1 Å². The molecule has 1 atom stereocenters. The van der Waals surface area contributed by atoms with Crippen LogP contribution in [0, 0.1) is 11.3 Å². The smallest absolute Gasteiger partial charge is 0.167 e. The summed E-state index contributed by atoms with van der Waals surface area (Å²) in [6.45, 7) is 0.740. The van der Waals surface area contributed by atoms with Gasteiger partial charge in [-0.1, -0.05) is 42.5 Å². The van der Waals surface area contributed by atoms with E-state index in [1.165, 1.54) is 0 Å². The minimum atomic E-state index is -0.352. The van der Waals surface area contributed by atoms with Crippen LogP contribution in [0.15, 0.2) is 78.6 Å². The number of ketones is 1. The number of nitriles is 1. The first-order valence-electron chi connectivity index (χ1n) is 7.95. The molecular formula is C20H18N2O2. The van der Waals surface area contributed by atoms with Gasteiger partial charge in [-0.25, -0.2) is 0 Å². The molecule has 0 amide bonds. The first-order chi connectivity index (χ1) is 11.8. The van der Waals surface area contributed by atoms with Gasteiger partial charge in [-0.3, -0.25) is 4.79 Å². The van der Waals surface area contributed by atoms with Gasteiger partial charge in [-0.2, -0.15) is 5.26 Å². The lowest BCUT2D eigenvalue weighted by Gasteiger charge is -2.26. The third kappa shape index (κ3) is 3.47. The zero-order valence-corrected chi connectivity index (χ0v) is 13.3. The number of unbranched alkanes of at least 4 members (excludes halogenated alkanes) is 1. The van der Waals surface area contributed by atoms with E-state index in [1.54, 1.807) is 18.4 Å². The normalized spacial score (nSPS) is 19.4. The third-order valence-corrected chi connectivity index (χ3v) is 3.98. The van der Waals surface area contributed by atoms with E-state index in [-0.39, 0.29) is 11.7 Å². The number of carbonyl (C=O) groups excluding carboxylic acids is 1. The number of nitrogens with zero attached hydrogens (tertiary/aromatic N) is 2. The Hall–Kier alpha value is -3.06. The Labute approximate surface area is 141 Å². The molecule has 0 aromatic heterocycles. The van der Waals surface area contributed by atoms with Crippen molar-refractivity contribution >= 4 is 5.78 Å². The Morgan fingerprint density at radius 2 is 2.08 bits per heavy atom. The summed E-state index contributed by atoms with van der Waals surface area (Å²) in [5.41, 5.74) is 1.80. The molecule has 1 unspecified atom stereocenters. The number of ether oxygens (including phenoxy) is 1. The van der Waals surface area contributed by atoms with Crippen molar-refractivity contribution in [3.8, 4) is 6.07 Å². The maximum Gasteiger partial charge on any atom is 0.167 e. The van der Waals surface area contributed by atoms with Gasteiger partial charge < -0.3 is 9.64 Å². The summed E-state index contributed by atoms with van der Waals surface area (Å²) < 4.78 is 5.67. The highest BCUT2D eigenvalue weighted by Crippen LogP contribution is 2.35. The van der Waals surface area contributed by atoms with Gasteiger partial charge in [0.05, 0.1) is 12.0 Å². The van der Waals surface area contributed by atoms with Gasteiger partial charge in [0, 0.05) is 30.9 Å². The highest BCUT2D eigenvalue weighted by atomic mass is 16.5. The summed E-state index contributed by atoms with van der Waals surface area (Å²) in [6.07, 6.45) is 11.9. The number of hydrogen-bond acceptors (Lipinski definition) is 4. The van der Waals surface area contributed by atoms with Crippen LogP contribution in [0.5, 0.6) is 0 Å². The molecule has 0 radical (unpaired) electrons. The predicted molar refractivity (Wildman–Crippen MR) is 91.3 cm³/mol. The lowest BCUT2D eigenvalue weighted by atomic mass is 9.83. The molecule has 0 bridgehead atoms. The molecule has 1 aliphatic carbocycles. The fraction of sp³-hybridized carbons (Fsp3) is 0.200. The molecule has 24 heavy (non-hydrogen) atoms. The highest BCUT2D eigenvalue weighted by molar-refractivity contribution is 6.00. The largest absolute Gasteiger partial charge is 0.462 e. The summed E-state index contributed by atoms with van der Waals surface area (Å²) in [5.74, 6) is 0.365. The second-order valence-electron chi connectivity index (χ2n) is 5.62. The fourth-order valence-corrected chi connectivity index (χ4v) is 2.83. The van der Waals surface area contributed by atoms with Crippen molar-refractivity contribution in [3.63, 3.8) is 0 Å². The Kier molecular flexibility index (Phi) is 4.93.